The van der Waals surface area contributed by atoms with Crippen LogP contribution in [0.15, 0.2) is 212 Å². The number of nitrogen functional groups attached to an aromatic ring is 1. The fourth-order valence-electron chi connectivity index (χ4n) is 7.40. The quantitative estimate of drug-likeness (QED) is 0.120. The summed E-state index contributed by atoms with van der Waals surface area (Å²) < 4.78 is 0. The first-order valence-electron chi connectivity index (χ1n) is 17.4. The number of hydrogen-bond donors (Lipinski definition) is 2. The molecule has 0 saturated carbocycles. The normalized spacial score (nSPS) is 11.2. The van der Waals surface area contributed by atoms with Gasteiger partial charge < -0.3 is 11.1 Å². The topological polar surface area (TPSA) is 38.0 Å². The first-order chi connectivity index (χ1) is 25.2. The second-order valence-corrected chi connectivity index (χ2v) is 12.8. The smallest absolute Gasteiger partial charge is 0.0701 e. The third-order valence-corrected chi connectivity index (χ3v) is 9.75. The number of benzene rings is 8. The van der Waals surface area contributed by atoms with Gasteiger partial charge in [0.15, 0.2) is 0 Å². The summed E-state index contributed by atoms with van der Waals surface area (Å²) >= 11 is 0. The van der Waals surface area contributed by atoms with Crippen LogP contribution in [0.5, 0.6) is 0 Å². The second kappa shape index (κ2) is 14.1. The molecule has 8 aromatic rings. The number of nitrogens with one attached hydrogen (secondary N) is 1. The van der Waals surface area contributed by atoms with Crippen LogP contribution in [0.3, 0.4) is 0 Å². The van der Waals surface area contributed by atoms with E-state index in [1.54, 1.807) is 0 Å². The van der Waals surface area contributed by atoms with Crippen molar-refractivity contribution in [3.05, 3.63) is 235 Å². The minimum atomic E-state index is -0.486. The van der Waals surface area contributed by atoms with Crippen LogP contribution in [0.1, 0.15) is 22.3 Å². The van der Waals surface area contributed by atoms with E-state index >= 15 is 0 Å². The molecule has 0 aliphatic heterocycles. The Hall–Kier alpha value is -6.64. The van der Waals surface area contributed by atoms with Crippen molar-refractivity contribution in [1.82, 2.24) is 0 Å². The van der Waals surface area contributed by atoms with E-state index < -0.39 is 5.41 Å². The van der Waals surface area contributed by atoms with E-state index in [1.807, 2.05) is 12.1 Å². The molecular formula is C49H38N2. The molecule has 8 aromatic carbocycles. The fourth-order valence-corrected chi connectivity index (χ4v) is 7.40. The lowest BCUT2D eigenvalue weighted by Gasteiger charge is -2.37. The van der Waals surface area contributed by atoms with Gasteiger partial charge in [-0.05, 0) is 92.0 Å². The maximum atomic E-state index is 6.33. The molecular weight excluding hydrogens is 617 g/mol. The van der Waals surface area contributed by atoms with E-state index in [2.05, 4.69) is 206 Å². The van der Waals surface area contributed by atoms with Crippen molar-refractivity contribution in [1.29, 1.82) is 0 Å². The highest BCUT2D eigenvalue weighted by molar-refractivity contribution is 5.94. The highest BCUT2D eigenvalue weighted by Gasteiger charge is 2.38. The maximum absolute atomic E-state index is 6.33. The highest BCUT2D eigenvalue weighted by Crippen LogP contribution is 2.46. The average molecular weight is 655 g/mol. The van der Waals surface area contributed by atoms with Gasteiger partial charge in [-0.1, -0.05) is 176 Å². The van der Waals surface area contributed by atoms with Gasteiger partial charge >= 0.3 is 0 Å². The van der Waals surface area contributed by atoms with E-state index in [0.29, 0.717) is 0 Å². The summed E-state index contributed by atoms with van der Waals surface area (Å²) in [6, 6.07) is 75.3. The van der Waals surface area contributed by atoms with Crippen molar-refractivity contribution in [2.24, 2.45) is 0 Å². The largest absolute Gasteiger partial charge is 0.399 e. The molecule has 244 valence electrons. The summed E-state index contributed by atoms with van der Waals surface area (Å²) in [6.07, 6.45) is 0. The summed E-state index contributed by atoms with van der Waals surface area (Å²) in [5, 5.41) is 3.73. The second-order valence-electron chi connectivity index (χ2n) is 12.8. The SMILES string of the molecule is Nc1ccc(-c2ccc(Nc3ccc(C(c4ccccc4)(c4ccccc4)c4ccccc4)cc3)cc2-c2ccccc2)c(-c2ccccc2)c1. The minimum Gasteiger partial charge on any atom is -0.399 e. The zero-order valence-electron chi connectivity index (χ0n) is 28.3. The molecule has 0 amide bonds. The van der Waals surface area contributed by atoms with Gasteiger partial charge in [-0.15, -0.1) is 0 Å². The molecule has 0 radical (unpaired) electrons. The van der Waals surface area contributed by atoms with Crippen LogP contribution < -0.4 is 11.1 Å². The third kappa shape index (κ3) is 6.20. The maximum Gasteiger partial charge on any atom is 0.0701 e. The molecule has 0 heterocycles. The first-order valence-corrected chi connectivity index (χ1v) is 17.4. The van der Waals surface area contributed by atoms with Gasteiger partial charge in [0.05, 0.1) is 5.41 Å². The Balaban J connectivity index is 1.21. The van der Waals surface area contributed by atoms with E-state index in [1.165, 1.54) is 22.3 Å². The molecule has 0 saturated heterocycles. The molecule has 51 heavy (non-hydrogen) atoms. The van der Waals surface area contributed by atoms with Crippen LogP contribution >= 0.6 is 0 Å². The Bertz CT molecular complexity index is 2260. The van der Waals surface area contributed by atoms with Crippen LogP contribution in [0.25, 0.3) is 33.4 Å². The number of nitrogens with two attached hydrogens (primary N) is 1. The number of hydrogen-bond acceptors (Lipinski definition) is 2. The summed E-state index contributed by atoms with van der Waals surface area (Å²) in [4.78, 5) is 0. The van der Waals surface area contributed by atoms with Crippen LogP contribution in [-0.2, 0) is 5.41 Å². The van der Waals surface area contributed by atoms with Crippen LogP contribution in [-0.4, -0.2) is 0 Å². The van der Waals surface area contributed by atoms with E-state index in [-0.39, 0.29) is 0 Å². The zero-order chi connectivity index (χ0) is 34.5. The lowest BCUT2D eigenvalue weighted by atomic mass is 9.65. The van der Waals surface area contributed by atoms with Gasteiger partial charge in [-0.25, -0.2) is 0 Å². The standard InChI is InChI=1S/C49H38N2/c50-42-28-32-45(47(34-42)36-16-6-1-7-17-36)46-33-31-44(35-48(46)37-18-8-2-9-19-37)51-43-29-26-41(27-30-43)49(38-20-10-3-11-21-38,39-22-12-4-13-23-39)40-24-14-5-15-25-40/h1-35,51H,50H2. The van der Waals surface area contributed by atoms with Gasteiger partial charge in [-0.2, -0.15) is 0 Å². The van der Waals surface area contributed by atoms with Gasteiger partial charge in [0, 0.05) is 17.1 Å². The predicted octanol–water partition coefficient (Wildman–Crippen LogP) is 12.4. The van der Waals surface area contributed by atoms with Crippen LogP contribution in [0.4, 0.5) is 17.1 Å². The number of anilines is 3. The molecule has 0 aromatic heterocycles. The Morgan fingerprint density at radius 2 is 0.686 bits per heavy atom. The van der Waals surface area contributed by atoms with Crippen LogP contribution in [0, 0.1) is 0 Å². The summed E-state index contributed by atoms with van der Waals surface area (Å²) in [5.74, 6) is 0. The Labute approximate surface area is 300 Å². The molecule has 2 nitrogen and oxygen atoms in total. The molecule has 0 aliphatic carbocycles. The molecule has 0 spiro atoms. The predicted molar refractivity (Wildman–Crippen MR) is 215 cm³/mol. The monoisotopic (exact) mass is 654 g/mol. The van der Waals surface area contributed by atoms with Gasteiger partial charge in [0.25, 0.3) is 0 Å². The molecule has 0 fully saturated rings. The van der Waals surface area contributed by atoms with Crippen molar-refractivity contribution >= 4 is 17.1 Å². The van der Waals surface area contributed by atoms with Crippen molar-refractivity contribution in [3.8, 4) is 33.4 Å². The molecule has 3 N–H and O–H groups in total. The Morgan fingerprint density at radius 1 is 0.314 bits per heavy atom. The lowest BCUT2D eigenvalue weighted by Crippen LogP contribution is -2.30. The fraction of sp³-hybridized carbons (Fsp3) is 0.0204. The van der Waals surface area contributed by atoms with Crippen LogP contribution in [0.2, 0.25) is 0 Å². The average Bonchev–Trinajstić information content (AvgIpc) is 3.21. The van der Waals surface area contributed by atoms with Gasteiger partial charge in [0.2, 0.25) is 0 Å². The summed E-state index contributed by atoms with van der Waals surface area (Å²) in [5.41, 5.74) is 20.4. The number of rotatable bonds is 9. The molecule has 0 unspecified atom stereocenters. The Morgan fingerprint density at radius 3 is 1.16 bits per heavy atom. The molecule has 8 rings (SSSR count). The lowest BCUT2D eigenvalue weighted by molar-refractivity contribution is 0.745. The minimum absolute atomic E-state index is 0.486. The van der Waals surface area contributed by atoms with Crippen molar-refractivity contribution < 1.29 is 0 Å². The summed E-state index contributed by atoms with van der Waals surface area (Å²) in [7, 11) is 0. The van der Waals surface area contributed by atoms with E-state index in [0.717, 1.165) is 50.4 Å². The molecule has 0 atom stereocenters. The molecule has 0 bridgehead atoms. The van der Waals surface area contributed by atoms with Crippen molar-refractivity contribution in [2.75, 3.05) is 11.1 Å². The van der Waals surface area contributed by atoms with Crippen molar-refractivity contribution in [2.45, 2.75) is 5.41 Å². The Kier molecular flexibility index (Phi) is 8.72. The molecule has 0 aliphatic rings. The van der Waals surface area contributed by atoms with E-state index in [4.69, 9.17) is 5.73 Å². The first kappa shape index (κ1) is 31.6. The van der Waals surface area contributed by atoms with E-state index in [9.17, 15) is 0 Å². The summed E-state index contributed by atoms with van der Waals surface area (Å²) in [6.45, 7) is 0. The van der Waals surface area contributed by atoms with Gasteiger partial charge in [0.1, 0.15) is 0 Å². The third-order valence-electron chi connectivity index (χ3n) is 9.75. The van der Waals surface area contributed by atoms with Crippen molar-refractivity contribution in [3.63, 3.8) is 0 Å². The zero-order valence-corrected chi connectivity index (χ0v) is 28.3. The molecule has 2 heteroatoms. The highest BCUT2D eigenvalue weighted by atomic mass is 14.9. The van der Waals surface area contributed by atoms with Gasteiger partial charge in [-0.3, -0.25) is 0 Å².